The van der Waals surface area contributed by atoms with Crippen molar-refractivity contribution in [2.24, 2.45) is 0 Å². The van der Waals surface area contributed by atoms with Crippen molar-refractivity contribution in [3.8, 4) is 12.3 Å². The summed E-state index contributed by atoms with van der Waals surface area (Å²) >= 11 is 0. The Morgan fingerprint density at radius 3 is 3.00 bits per heavy atom. The van der Waals surface area contributed by atoms with E-state index in [1.165, 1.54) is 0 Å². The number of hydrogen-bond donors (Lipinski definition) is 1. The SMILES string of the molecule is C#CC(=O)C1CCCN1. The van der Waals surface area contributed by atoms with Gasteiger partial charge in [0.25, 0.3) is 0 Å². The summed E-state index contributed by atoms with van der Waals surface area (Å²) in [5.74, 6) is 2.00. The molecule has 1 N–H and O–H groups in total. The van der Waals surface area contributed by atoms with E-state index < -0.39 is 0 Å². The maximum absolute atomic E-state index is 10.7. The second-order valence-electron chi connectivity index (χ2n) is 2.16. The molecule has 2 nitrogen and oxygen atoms in total. The first kappa shape index (κ1) is 6.31. The summed E-state index contributed by atoms with van der Waals surface area (Å²) in [5, 5.41) is 3.02. The van der Waals surface area contributed by atoms with Crippen LogP contribution in [0.2, 0.25) is 0 Å². The first-order valence-corrected chi connectivity index (χ1v) is 3.08. The number of carbonyl (C=O) groups is 1. The molecule has 1 saturated heterocycles. The van der Waals surface area contributed by atoms with Crippen LogP contribution in [-0.2, 0) is 4.79 Å². The molecule has 9 heavy (non-hydrogen) atoms. The van der Waals surface area contributed by atoms with Crippen LogP contribution in [0.15, 0.2) is 0 Å². The number of rotatable bonds is 1. The fourth-order valence-electron chi connectivity index (χ4n) is 1.01. The molecular weight excluding hydrogens is 114 g/mol. The molecule has 1 unspecified atom stereocenters. The van der Waals surface area contributed by atoms with E-state index in [0.29, 0.717) is 0 Å². The van der Waals surface area contributed by atoms with Crippen molar-refractivity contribution in [2.75, 3.05) is 6.54 Å². The summed E-state index contributed by atoms with van der Waals surface area (Å²) in [6, 6.07) is -0.0463. The highest BCUT2D eigenvalue weighted by Gasteiger charge is 2.19. The van der Waals surface area contributed by atoms with Crippen molar-refractivity contribution in [3.05, 3.63) is 0 Å². The Bertz CT molecular complexity index is 151. The van der Waals surface area contributed by atoms with Crippen LogP contribution < -0.4 is 5.32 Å². The topological polar surface area (TPSA) is 29.1 Å². The van der Waals surface area contributed by atoms with Gasteiger partial charge < -0.3 is 5.32 Å². The lowest BCUT2D eigenvalue weighted by molar-refractivity contribution is -0.115. The zero-order valence-electron chi connectivity index (χ0n) is 5.18. The Labute approximate surface area is 54.6 Å². The molecule has 0 spiro atoms. The van der Waals surface area contributed by atoms with Gasteiger partial charge in [-0.1, -0.05) is 0 Å². The monoisotopic (exact) mass is 123 g/mol. The van der Waals surface area contributed by atoms with Crippen LogP contribution in [0.3, 0.4) is 0 Å². The minimum Gasteiger partial charge on any atom is -0.307 e. The third kappa shape index (κ3) is 1.30. The van der Waals surface area contributed by atoms with Gasteiger partial charge in [0.15, 0.2) is 0 Å². The molecule has 48 valence electrons. The molecule has 2 heteroatoms. The average Bonchev–Trinajstić information content (AvgIpc) is 2.37. The molecule has 0 bridgehead atoms. The Morgan fingerprint density at radius 1 is 1.78 bits per heavy atom. The molecule has 0 aromatic carbocycles. The number of terminal acetylenes is 1. The fraction of sp³-hybridized carbons (Fsp3) is 0.571. The lowest BCUT2D eigenvalue weighted by atomic mass is 10.1. The van der Waals surface area contributed by atoms with Crippen molar-refractivity contribution in [2.45, 2.75) is 18.9 Å². The second kappa shape index (κ2) is 2.65. The van der Waals surface area contributed by atoms with Gasteiger partial charge in [-0.3, -0.25) is 4.79 Å². The first-order valence-electron chi connectivity index (χ1n) is 3.08. The third-order valence-corrected chi connectivity index (χ3v) is 1.52. The maximum Gasteiger partial charge on any atom is 0.222 e. The van der Waals surface area contributed by atoms with Crippen LogP contribution in [0.4, 0.5) is 0 Å². The average molecular weight is 123 g/mol. The van der Waals surface area contributed by atoms with E-state index in [1.807, 2.05) is 0 Å². The molecule has 0 radical (unpaired) electrons. The molecule has 1 rings (SSSR count). The molecule has 1 aliphatic heterocycles. The normalized spacial score (nSPS) is 25.4. The van der Waals surface area contributed by atoms with E-state index in [0.717, 1.165) is 19.4 Å². The van der Waals surface area contributed by atoms with Crippen molar-refractivity contribution in [3.63, 3.8) is 0 Å². The summed E-state index contributed by atoms with van der Waals surface area (Å²) in [4.78, 5) is 10.7. The lowest BCUT2D eigenvalue weighted by Crippen LogP contribution is -2.29. The summed E-state index contributed by atoms with van der Waals surface area (Å²) in [5.41, 5.74) is 0. The van der Waals surface area contributed by atoms with Gasteiger partial charge in [0.05, 0.1) is 6.04 Å². The van der Waals surface area contributed by atoms with Crippen molar-refractivity contribution >= 4 is 5.78 Å². The Balaban J connectivity index is 2.44. The van der Waals surface area contributed by atoms with Crippen LogP contribution in [0.5, 0.6) is 0 Å². The van der Waals surface area contributed by atoms with Gasteiger partial charge in [-0.15, -0.1) is 6.42 Å². The first-order chi connectivity index (χ1) is 4.34. The van der Waals surface area contributed by atoms with Crippen molar-refractivity contribution < 1.29 is 4.79 Å². The van der Waals surface area contributed by atoms with E-state index in [9.17, 15) is 4.79 Å². The highest BCUT2D eigenvalue weighted by atomic mass is 16.1. The van der Waals surface area contributed by atoms with E-state index in [4.69, 9.17) is 6.42 Å². The van der Waals surface area contributed by atoms with Gasteiger partial charge in [-0.05, 0) is 25.3 Å². The van der Waals surface area contributed by atoms with Gasteiger partial charge in [0, 0.05) is 0 Å². The minimum absolute atomic E-state index is 0.0463. The highest BCUT2D eigenvalue weighted by Crippen LogP contribution is 2.04. The Morgan fingerprint density at radius 2 is 2.56 bits per heavy atom. The number of ketones is 1. The number of Topliss-reactive ketones (excluding diaryl/α,β-unsaturated/α-hetero) is 1. The van der Waals surface area contributed by atoms with Crippen LogP contribution in [0.1, 0.15) is 12.8 Å². The van der Waals surface area contributed by atoms with Gasteiger partial charge in [0.2, 0.25) is 5.78 Å². The van der Waals surface area contributed by atoms with Gasteiger partial charge in [-0.25, -0.2) is 0 Å². The van der Waals surface area contributed by atoms with E-state index in [1.54, 1.807) is 0 Å². The molecule has 0 saturated carbocycles. The third-order valence-electron chi connectivity index (χ3n) is 1.52. The van der Waals surface area contributed by atoms with Crippen molar-refractivity contribution in [1.82, 2.24) is 5.32 Å². The zero-order chi connectivity index (χ0) is 6.69. The summed E-state index contributed by atoms with van der Waals surface area (Å²) in [6.45, 7) is 0.929. The molecule has 0 aliphatic carbocycles. The second-order valence-corrected chi connectivity index (χ2v) is 2.16. The molecule has 1 heterocycles. The van der Waals surface area contributed by atoms with E-state index in [2.05, 4.69) is 11.2 Å². The molecular formula is C7H9NO. The van der Waals surface area contributed by atoms with E-state index in [-0.39, 0.29) is 11.8 Å². The Hall–Kier alpha value is -0.810. The fourth-order valence-corrected chi connectivity index (χ4v) is 1.01. The smallest absolute Gasteiger partial charge is 0.222 e. The molecule has 1 fully saturated rings. The number of nitrogens with one attached hydrogen (secondary N) is 1. The minimum atomic E-state index is -0.104. The van der Waals surface area contributed by atoms with E-state index >= 15 is 0 Å². The predicted octanol–water partition coefficient (Wildman–Crippen LogP) is -0.0593. The highest BCUT2D eigenvalue weighted by molar-refractivity contribution is 5.99. The number of hydrogen-bond acceptors (Lipinski definition) is 2. The van der Waals surface area contributed by atoms with Crippen molar-refractivity contribution in [1.29, 1.82) is 0 Å². The Kier molecular flexibility index (Phi) is 1.86. The lowest BCUT2D eigenvalue weighted by Gasteiger charge is -2.00. The summed E-state index contributed by atoms with van der Waals surface area (Å²) in [6.07, 6.45) is 6.89. The molecule has 1 atom stereocenters. The van der Waals surface area contributed by atoms with Gasteiger partial charge in [-0.2, -0.15) is 0 Å². The quantitative estimate of drug-likeness (QED) is 0.391. The molecule has 0 aromatic rings. The zero-order valence-corrected chi connectivity index (χ0v) is 5.18. The van der Waals surface area contributed by atoms with Crippen LogP contribution >= 0.6 is 0 Å². The summed E-state index contributed by atoms with van der Waals surface area (Å²) in [7, 11) is 0. The number of carbonyl (C=O) groups excluding carboxylic acids is 1. The van der Waals surface area contributed by atoms with Gasteiger partial charge >= 0.3 is 0 Å². The molecule has 0 amide bonds. The standard InChI is InChI=1S/C7H9NO/c1-2-7(9)6-4-3-5-8-6/h1,6,8H,3-5H2. The molecule has 1 aliphatic rings. The molecule has 0 aromatic heterocycles. The van der Waals surface area contributed by atoms with Crippen LogP contribution in [0, 0.1) is 12.3 Å². The van der Waals surface area contributed by atoms with Gasteiger partial charge in [0.1, 0.15) is 0 Å². The predicted molar refractivity (Wildman–Crippen MR) is 34.9 cm³/mol. The maximum atomic E-state index is 10.7. The van der Waals surface area contributed by atoms with Crippen LogP contribution in [0.25, 0.3) is 0 Å². The summed E-state index contributed by atoms with van der Waals surface area (Å²) < 4.78 is 0. The largest absolute Gasteiger partial charge is 0.307 e. The van der Waals surface area contributed by atoms with Crippen LogP contribution in [-0.4, -0.2) is 18.4 Å².